The molecule has 49 heavy (non-hydrogen) atoms. The number of piperidine rings is 1. The molecule has 1 aliphatic rings. The molecule has 0 unspecified atom stereocenters. The Kier molecular flexibility index (Phi) is 9.56. The fraction of sp³-hybridized carbons (Fsp3) is 0.278. The maximum Gasteiger partial charge on any atom is 0.219 e. The van der Waals surface area contributed by atoms with Crippen LogP contribution in [0.25, 0.3) is 22.2 Å². The second-order valence-electron chi connectivity index (χ2n) is 12.3. The van der Waals surface area contributed by atoms with Crippen LogP contribution in [0.5, 0.6) is 17.4 Å². The third-order valence-corrected chi connectivity index (χ3v) is 8.74. The number of fused-ring (bicyclic) bond motifs is 1. The van der Waals surface area contributed by atoms with E-state index in [2.05, 4.69) is 33.8 Å². The van der Waals surface area contributed by atoms with Crippen molar-refractivity contribution in [1.29, 1.82) is 5.41 Å². The lowest BCUT2D eigenvalue weighted by molar-refractivity contribution is -0.555. The molecule has 0 saturated carbocycles. The number of benzene rings is 2. The van der Waals surface area contributed by atoms with E-state index < -0.39 is 17.4 Å². The van der Waals surface area contributed by atoms with Crippen LogP contribution in [0.2, 0.25) is 0 Å². The van der Waals surface area contributed by atoms with E-state index in [1.807, 2.05) is 30.7 Å². The van der Waals surface area contributed by atoms with Crippen molar-refractivity contribution in [2.24, 2.45) is 0 Å². The number of aromatic amines is 1. The zero-order valence-corrected chi connectivity index (χ0v) is 27.8. The Morgan fingerprint density at radius 3 is 2.51 bits per heavy atom. The van der Waals surface area contributed by atoms with Gasteiger partial charge in [-0.05, 0) is 69.5 Å². The van der Waals surface area contributed by atoms with Gasteiger partial charge in [-0.25, -0.2) is 18.4 Å². The SMILES string of the molecule is C[NH2+]/C=C(\C=N)c1cc2[nH]c(C(=O)c3cnn(-c4cnc(Oc5c(F)cccc5F)cc4C)c3N)cc2cc1OC1CCN(C(C)C)CC1. The summed E-state index contributed by atoms with van der Waals surface area (Å²) < 4.78 is 41.5. The number of carbonyl (C=O) groups excluding carboxylic acids is 1. The maximum absolute atomic E-state index is 14.1. The molecular formula is C36H39F2N8O3+. The first kappa shape index (κ1) is 33.5. The third-order valence-electron chi connectivity index (χ3n) is 8.74. The molecule has 6 rings (SSSR count). The van der Waals surface area contributed by atoms with Crippen LogP contribution in [0.3, 0.4) is 0 Å². The predicted octanol–water partition coefficient (Wildman–Crippen LogP) is 5.38. The van der Waals surface area contributed by atoms with Crippen LogP contribution in [0.15, 0.2) is 61.1 Å². The standard InChI is InChI=1S/C36H38F2N8O3/c1-20(2)45-10-8-24(9-11-45)48-32-14-22-13-30(44-29(22)15-25(32)23(16-39)17-41-4)34(47)26-18-43-46(36(26)40)31-19-42-33(12-21(31)3)49-35-27(37)6-5-7-28(35)38/h5-7,12-20,24,39,41,44H,8-11,40H2,1-4H3/p+1/b23-17+,39-16?. The van der Waals surface area contributed by atoms with Crippen molar-refractivity contribution in [3.05, 3.63) is 95.1 Å². The number of likely N-dealkylation sites (tertiary alicyclic amines) is 1. The molecule has 6 N–H and O–H groups in total. The van der Waals surface area contributed by atoms with Gasteiger partial charge in [-0.2, -0.15) is 5.10 Å². The summed E-state index contributed by atoms with van der Waals surface area (Å²) in [5, 5.41) is 15.1. The van der Waals surface area contributed by atoms with Crippen LogP contribution in [0.4, 0.5) is 14.6 Å². The Labute approximate surface area is 282 Å². The minimum absolute atomic E-state index is 0.0214. The highest BCUT2D eigenvalue weighted by Gasteiger charge is 2.25. The number of nitrogens with one attached hydrogen (secondary N) is 2. The van der Waals surface area contributed by atoms with Crippen molar-refractivity contribution in [3.63, 3.8) is 0 Å². The van der Waals surface area contributed by atoms with Crippen molar-refractivity contribution < 1.29 is 28.4 Å². The number of nitrogens with two attached hydrogens (primary N) is 2. The van der Waals surface area contributed by atoms with Crippen molar-refractivity contribution in [2.75, 3.05) is 25.9 Å². The molecule has 1 aliphatic heterocycles. The number of para-hydroxylation sites is 1. The van der Waals surface area contributed by atoms with Crippen molar-refractivity contribution >= 4 is 34.3 Å². The van der Waals surface area contributed by atoms with Gasteiger partial charge >= 0.3 is 0 Å². The lowest BCUT2D eigenvalue weighted by Crippen LogP contribution is -2.72. The predicted molar refractivity (Wildman–Crippen MR) is 184 cm³/mol. The fourth-order valence-corrected chi connectivity index (χ4v) is 6.05. The van der Waals surface area contributed by atoms with Gasteiger partial charge in [-0.1, -0.05) is 6.07 Å². The highest BCUT2D eigenvalue weighted by Crippen LogP contribution is 2.34. The van der Waals surface area contributed by atoms with E-state index in [0.717, 1.165) is 49.0 Å². The smallest absolute Gasteiger partial charge is 0.219 e. The summed E-state index contributed by atoms with van der Waals surface area (Å²) in [6.45, 7) is 8.04. The number of ether oxygens (including phenoxy) is 2. The van der Waals surface area contributed by atoms with E-state index in [-0.39, 0.29) is 29.1 Å². The molecule has 0 spiro atoms. The number of pyridine rings is 1. The molecule has 0 bridgehead atoms. The van der Waals surface area contributed by atoms with E-state index in [9.17, 15) is 13.6 Å². The minimum Gasteiger partial charge on any atom is -0.490 e. The molecule has 0 radical (unpaired) electrons. The summed E-state index contributed by atoms with van der Waals surface area (Å²) in [6, 6.07) is 11.0. The van der Waals surface area contributed by atoms with E-state index >= 15 is 0 Å². The Hall–Kier alpha value is -5.40. The van der Waals surface area contributed by atoms with Crippen molar-refractivity contribution in [3.8, 4) is 23.1 Å². The van der Waals surface area contributed by atoms with Gasteiger partial charge in [-0.3, -0.25) is 4.79 Å². The Bertz CT molecular complexity index is 2040. The van der Waals surface area contributed by atoms with Crippen LogP contribution in [0.1, 0.15) is 53.9 Å². The number of allylic oxidation sites excluding steroid dienone is 1. The summed E-state index contributed by atoms with van der Waals surface area (Å²) in [4.78, 5) is 23.6. The first-order valence-corrected chi connectivity index (χ1v) is 16.1. The van der Waals surface area contributed by atoms with Gasteiger partial charge in [0.25, 0.3) is 0 Å². The van der Waals surface area contributed by atoms with Gasteiger partial charge in [0, 0.05) is 47.9 Å². The molecular weight excluding hydrogens is 630 g/mol. The number of nitrogen functional groups attached to an aromatic ring is 1. The summed E-state index contributed by atoms with van der Waals surface area (Å²) in [7, 11) is 1.90. The molecule has 5 aromatic rings. The number of aromatic nitrogens is 4. The average molecular weight is 670 g/mol. The topological polar surface area (TPSA) is 152 Å². The Balaban J connectivity index is 1.27. The number of ketones is 1. The molecule has 3 aromatic heterocycles. The minimum atomic E-state index is -0.853. The van der Waals surface area contributed by atoms with Crippen LogP contribution in [0, 0.1) is 24.0 Å². The van der Waals surface area contributed by atoms with Crippen molar-refractivity contribution in [2.45, 2.75) is 45.8 Å². The number of quaternary nitrogens is 1. The number of hydrogen-bond acceptors (Lipinski definition) is 8. The van der Waals surface area contributed by atoms with Crippen LogP contribution in [-0.2, 0) is 0 Å². The van der Waals surface area contributed by atoms with E-state index in [1.165, 1.54) is 35.4 Å². The van der Waals surface area contributed by atoms with Crippen molar-refractivity contribution in [1.82, 2.24) is 24.6 Å². The van der Waals surface area contributed by atoms with E-state index in [1.54, 1.807) is 13.0 Å². The average Bonchev–Trinajstić information content (AvgIpc) is 3.68. The molecule has 0 atom stereocenters. The fourth-order valence-electron chi connectivity index (χ4n) is 6.05. The first-order valence-electron chi connectivity index (χ1n) is 16.1. The highest BCUT2D eigenvalue weighted by atomic mass is 19.1. The van der Waals surface area contributed by atoms with Crippen LogP contribution < -0.4 is 20.5 Å². The van der Waals surface area contributed by atoms with Crippen LogP contribution in [-0.4, -0.2) is 68.9 Å². The van der Waals surface area contributed by atoms with Gasteiger partial charge in [-0.15, -0.1) is 0 Å². The first-order chi connectivity index (χ1) is 23.6. The lowest BCUT2D eigenvalue weighted by Gasteiger charge is -2.34. The largest absolute Gasteiger partial charge is 0.490 e. The molecule has 13 heteroatoms. The number of anilines is 1. The molecule has 254 valence electrons. The monoisotopic (exact) mass is 669 g/mol. The summed E-state index contributed by atoms with van der Waals surface area (Å²) in [5.41, 5.74) is 10.1. The second kappa shape index (κ2) is 14.0. The van der Waals surface area contributed by atoms with Gasteiger partial charge in [0.2, 0.25) is 17.4 Å². The summed E-state index contributed by atoms with van der Waals surface area (Å²) in [5.74, 6) is -1.90. The Morgan fingerprint density at radius 1 is 1.12 bits per heavy atom. The molecule has 2 aromatic carbocycles. The number of carbonyl (C=O) groups is 1. The van der Waals surface area contributed by atoms with E-state index in [0.29, 0.717) is 39.8 Å². The van der Waals surface area contributed by atoms with Gasteiger partial charge in [0.15, 0.2) is 11.6 Å². The third kappa shape index (κ3) is 6.80. The maximum atomic E-state index is 14.1. The number of rotatable bonds is 11. The molecule has 11 nitrogen and oxygen atoms in total. The number of halogens is 2. The molecule has 4 heterocycles. The van der Waals surface area contributed by atoms with Crippen LogP contribution >= 0.6 is 0 Å². The zero-order valence-electron chi connectivity index (χ0n) is 27.8. The van der Waals surface area contributed by atoms with E-state index in [4.69, 9.17) is 20.6 Å². The second-order valence-corrected chi connectivity index (χ2v) is 12.3. The number of hydrogen-bond donors (Lipinski definition) is 4. The van der Waals surface area contributed by atoms with Gasteiger partial charge < -0.3 is 35.8 Å². The molecule has 1 fully saturated rings. The molecule has 1 saturated heterocycles. The number of H-pyrrole nitrogens is 1. The van der Waals surface area contributed by atoms with Gasteiger partial charge in [0.05, 0.1) is 42.0 Å². The zero-order chi connectivity index (χ0) is 34.8. The molecule has 0 amide bonds. The lowest BCUT2D eigenvalue weighted by atomic mass is 10.0. The Morgan fingerprint density at radius 2 is 1.86 bits per heavy atom. The summed E-state index contributed by atoms with van der Waals surface area (Å²) in [6.07, 6.45) is 7.78. The van der Waals surface area contributed by atoms with Gasteiger partial charge in [0.1, 0.15) is 23.9 Å². The summed E-state index contributed by atoms with van der Waals surface area (Å²) >= 11 is 0. The molecule has 0 aliphatic carbocycles. The quantitative estimate of drug-likeness (QED) is 0.109. The number of nitrogens with zero attached hydrogens (tertiary/aromatic N) is 4. The normalized spacial score (nSPS) is 14.5. The number of aryl methyl sites for hydroxylation is 1. The highest BCUT2D eigenvalue weighted by molar-refractivity contribution is 6.14.